The molecule has 1 fully saturated rings. The summed E-state index contributed by atoms with van der Waals surface area (Å²) in [6.07, 6.45) is 3.60. The maximum absolute atomic E-state index is 5.62. The number of rotatable bonds is 5. The molecule has 1 aliphatic heterocycles. The quantitative estimate of drug-likeness (QED) is 0.427. The molecule has 1 unspecified atom stereocenters. The maximum atomic E-state index is 5.62. The van der Waals surface area contributed by atoms with Crippen LogP contribution >= 0.6 is 24.0 Å². The van der Waals surface area contributed by atoms with Crippen LogP contribution in [0.1, 0.15) is 18.4 Å². The van der Waals surface area contributed by atoms with E-state index >= 15 is 0 Å². The first-order chi connectivity index (χ1) is 11.4. The zero-order chi connectivity index (χ0) is 15.9. The van der Waals surface area contributed by atoms with Crippen LogP contribution in [-0.4, -0.2) is 38.8 Å². The number of ether oxygens (including phenoxy) is 1. The van der Waals surface area contributed by atoms with E-state index in [4.69, 9.17) is 4.74 Å². The van der Waals surface area contributed by atoms with Crippen LogP contribution in [0.2, 0.25) is 0 Å². The Balaban J connectivity index is 0.00000208. The minimum atomic E-state index is 0. The summed E-state index contributed by atoms with van der Waals surface area (Å²) in [5.41, 5.74) is 1.37. The van der Waals surface area contributed by atoms with Crippen LogP contribution in [0, 0.1) is 0 Å². The highest BCUT2D eigenvalue weighted by molar-refractivity contribution is 14.0. The van der Waals surface area contributed by atoms with E-state index in [9.17, 15) is 0 Å². The Morgan fingerprint density at radius 3 is 2.79 bits per heavy atom. The van der Waals surface area contributed by atoms with Gasteiger partial charge in [-0.1, -0.05) is 42.5 Å². The zero-order valence-corrected chi connectivity index (χ0v) is 16.5. The molecular weight excluding hydrogens is 413 g/mol. The summed E-state index contributed by atoms with van der Waals surface area (Å²) in [6.45, 7) is 2.58. The molecule has 0 aromatic heterocycles. The second kappa shape index (κ2) is 9.84. The lowest BCUT2D eigenvalue weighted by Gasteiger charge is -2.15. The number of hydrogen-bond acceptors (Lipinski definition) is 2. The van der Waals surface area contributed by atoms with Gasteiger partial charge in [-0.15, -0.1) is 24.0 Å². The van der Waals surface area contributed by atoms with Gasteiger partial charge >= 0.3 is 0 Å². The molecule has 130 valence electrons. The number of halogens is 1. The highest BCUT2D eigenvalue weighted by Gasteiger charge is 2.15. The van der Waals surface area contributed by atoms with Gasteiger partial charge in [0.2, 0.25) is 0 Å². The van der Waals surface area contributed by atoms with Crippen molar-refractivity contribution in [1.82, 2.24) is 10.6 Å². The average Bonchev–Trinajstić information content (AvgIpc) is 3.11. The van der Waals surface area contributed by atoms with E-state index in [1.807, 2.05) is 7.05 Å². The molecule has 2 aromatic carbocycles. The first-order valence-electron chi connectivity index (χ1n) is 8.39. The predicted octanol–water partition coefficient (Wildman–Crippen LogP) is 3.34. The minimum absolute atomic E-state index is 0. The van der Waals surface area contributed by atoms with E-state index in [2.05, 4.69) is 58.1 Å². The van der Waals surface area contributed by atoms with Gasteiger partial charge in [0, 0.05) is 26.7 Å². The lowest BCUT2D eigenvalue weighted by Crippen LogP contribution is -2.41. The van der Waals surface area contributed by atoms with Crippen LogP contribution in [0.4, 0.5) is 0 Å². The summed E-state index contributed by atoms with van der Waals surface area (Å²) >= 11 is 0. The van der Waals surface area contributed by atoms with E-state index in [-0.39, 0.29) is 24.0 Å². The van der Waals surface area contributed by atoms with E-state index < -0.39 is 0 Å². The number of nitrogens with one attached hydrogen (secondary N) is 2. The maximum Gasteiger partial charge on any atom is 0.191 e. The molecule has 1 heterocycles. The van der Waals surface area contributed by atoms with Crippen molar-refractivity contribution in [1.29, 1.82) is 0 Å². The van der Waals surface area contributed by atoms with Gasteiger partial charge in [-0.25, -0.2) is 0 Å². The SMILES string of the molecule is CN=C(NCCc1cccc2ccccc12)NCC1CCCO1.I. The molecule has 1 saturated heterocycles. The third kappa shape index (κ3) is 5.08. The third-order valence-corrected chi connectivity index (χ3v) is 4.31. The number of hydrogen-bond donors (Lipinski definition) is 2. The van der Waals surface area contributed by atoms with Crippen molar-refractivity contribution in [3.8, 4) is 0 Å². The van der Waals surface area contributed by atoms with E-state index in [0.29, 0.717) is 6.10 Å². The first kappa shape index (κ1) is 19.0. The van der Waals surface area contributed by atoms with Gasteiger partial charge in [-0.05, 0) is 35.6 Å². The monoisotopic (exact) mass is 439 g/mol. The van der Waals surface area contributed by atoms with Crippen molar-refractivity contribution in [2.45, 2.75) is 25.4 Å². The third-order valence-electron chi connectivity index (χ3n) is 4.31. The van der Waals surface area contributed by atoms with Crippen molar-refractivity contribution in [3.05, 3.63) is 48.0 Å². The number of aliphatic imine (C=N–C) groups is 1. The average molecular weight is 439 g/mol. The Bertz CT molecular complexity index is 663. The molecule has 0 bridgehead atoms. The van der Waals surface area contributed by atoms with Crippen molar-refractivity contribution in [2.75, 3.05) is 26.7 Å². The van der Waals surface area contributed by atoms with Crippen LogP contribution in [0.25, 0.3) is 10.8 Å². The molecule has 24 heavy (non-hydrogen) atoms. The van der Waals surface area contributed by atoms with Crippen LogP contribution < -0.4 is 10.6 Å². The van der Waals surface area contributed by atoms with E-state index in [1.165, 1.54) is 22.8 Å². The molecule has 0 spiro atoms. The van der Waals surface area contributed by atoms with Gasteiger partial charge < -0.3 is 15.4 Å². The molecule has 0 radical (unpaired) electrons. The van der Waals surface area contributed by atoms with Gasteiger partial charge in [-0.2, -0.15) is 0 Å². The summed E-state index contributed by atoms with van der Waals surface area (Å²) in [7, 11) is 1.81. The smallest absolute Gasteiger partial charge is 0.191 e. The van der Waals surface area contributed by atoms with Crippen molar-refractivity contribution in [2.24, 2.45) is 4.99 Å². The van der Waals surface area contributed by atoms with Crippen molar-refractivity contribution < 1.29 is 4.74 Å². The Hall–Kier alpha value is -1.34. The molecular formula is C19H26IN3O. The molecule has 2 aromatic rings. The number of guanidine groups is 1. The number of fused-ring (bicyclic) bond motifs is 1. The summed E-state index contributed by atoms with van der Waals surface area (Å²) in [5.74, 6) is 0.848. The molecule has 5 heteroatoms. The molecule has 2 N–H and O–H groups in total. The Kier molecular flexibility index (Phi) is 7.78. The molecule has 3 rings (SSSR count). The van der Waals surface area contributed by atoms with Gasteiger partial charge in [0.25, 0.3) is 0 Å². The summed E-state index contributed by atoms with van der Waals surface area (Å²) in [6, 6.07) is 15.0. The van der Waals surface area contributed by atoms with E-state index in [1.54, 1.807) is 0 Å². The molecule has 0 saturated carbocycles. The zero-order valence-electron chi connectivity index (χ0n) is 14.1. The Morgan fingerprint density at radius 1 is 1.17 bits per heavy atom. The largest absolute Gasteiger partial charge is 0.376 e. The fraction of sp³-hybridized carbons (Fsp3) is 0.421. The topological polar surface area (TPSA) is 45.7 Å². The molecule has 1 atom stereocenters. The Labute approximate surface area is 161 Å². The Morgan fingerprint density at radius 2 is 2.00 bits per heavy atom. The van der Waals surface area contributed by atoms with Crippen LogP contribution in [0.3, 0.4) is 0 Å². The van der Waals surface area contributed by atoms with E-state index in [0.717, 1.165) is 38.5 Å². The normalized spacial score (nSPS) is 17.5. The van der Waals surface area contributed by atoms with Gasteiger partial charge in [0.15, 0.2) is 5.96 Å². The van der Waals surface area contributed by atoms with Crippen LogP contribution in [-0.2, 0) is 11.2 Å². The predicted molar refractivity (Wildman–Crippen MR) is 111 cm³/mol. The second-order valence-electron chi connectivity index (χ2n) is 5.90. The van der Waals surface area contributed by atoms with Crippen LogP contribution in [0.15, 0.2) is 47.5 Å². The highest BCUT2D eigenvalue weighted by Crippen LogP contribution is 2.18. The van der Waals surface area contributed by atoms with Crippen molar-refractivity contribution >= 4 is 40.7 Å². The van der Waals surface area contributed by atoms with Crippen LogP contribution in [0.5, 0.6) is 0 Å². The summed E-state index contributed by atoms with van der Waals surface area (Å²) < 4.78 is 5.62. The number of nitrogens with zero attached hydrogens (tertiary/aromatic N) is 1. The highest BCUT2D eigenvalue weighted by atomic mass is 127. The fourth-order valence-corrected chi connectivity index (χ4v) is 3.06. The number of benzene rings is 2. The first-order valence-corrected chi connectivity index (χ1v) is 8.39. The lowest BCUT2D eigenvalue weighted by atomic mass is 10.0. The molecule has 4 nitrogen and oxygen atoms in total. The van der Waals surface area contributed by atoms with Crippen molar-refractivity contribution in [3.63, 3.8) is 0 Å². The summed E-state index contributed by atoms with van der Waals surface area (Å²) in [4.78, 5) is 4.28. The molecule has 1 aliphatic rings. The van der Waals surface area contributed by atoms with Gasteiger partial charge in [0.05, 0.1) is 6.10 Å². The minimum Gasteiger partial charge on any atom is -0.376 e. The summed E-state index contributed by atoms with van der Waals surface area (Å²) in [5, 5.41) is 9.37. The second-order valence-corrected chi connectivity index (χ2v) is 5.90. The molecule has 0 aliphatic carbocycles. The standard InChI is InChI=1S/C19H25N3O.HI/c1-20-19(22-14-17-9-5-13-23-17)21-12-11-16-8-4-7-15-6-2-3-10-18(15)16;/h2-4,6-8,10,17H,5,9,11-14H2,1H3,(H2,20,21,22);1H. The van der Waals surface area contributed by atoms with Gasteiger partial charge in [-0.3, -0.25) is 4.99 Å². The fourth-order valence-electron chi connectivity index (χ4n) is 3.06. The molecule has 0 amide bonds. The lowest BCUT2D eigenvalue weighted by molar-refractivity contribution is 0.114. The van der Waals surface area contributed by atoms with Gasteiger partial charge in [0.1, 0.15) is 0 Å².